The number of hydrogen-bond acceptors (Lipinski definition) is 2. The molecule has 0 aromatic heterocycles. The zero-order valence-corrected chi connectivity index (χ0v) is 11.4. The maximum Gasteiger partial charge on any atom is 0.331 e. The van der Waals surface area contributed by atoms with Crippen molar-refractivity contribution < 1.29 is 14.7 Å². The molecule has 3 rings (SSSR count). The molecular formula is C17H15NO3. The number of carboxylic acid groups (broad SMARTS) is 1. The molecule has 1 aliphatic heterocycles. The van der Waals surface area contributed by atoms with Gasteiger partial charge in [-0.1, -0.05) is 54.6 Å². The third-order valence-corrected chi connectivity index (χ3v) is 3.75. The summed E-state index contributed by atoms with van der Waals surface area (Å²) < 4.78 is 0. The smallest absolute Gasteiger partial charge is 0.331 e. The minimum absolute atomic E-state index is 0.162. The molecule has 0 spiro atoms. The lowest BCUT2D eigenvalue weighted by atomic mass is 10.1. The van der Waals surface area contributed by atoms with Crippen LogP contribution in [0.5, 0.6) is 0 Å². The van der Waals surface area contributed by atoms with Crippen LogP contribution in [0.4, 0.5) is 0 Å². The Morgan fingerprint density at radius 1 is 1.05 bits per heavy atom. The van der Waals surface area contributed by atoms with Crippen LogP contribution < -0.4 is 0 Å². The zero-order valence-electron chi connectivity index (χ0n) is 11.4. The van der Waals surface area contributed by atoms with Gasteiger partial charge in [0.15, 0.2) is 6.04 Å². The number of carbonyl (C=O) groups excluding carboxylic acids is 1. The van der Waals surface area contributed by atoms with Crippen molar-refractivity contribution in [2.24, 2.45) is 0 Å². The molecule has 0 aliphatic carbocycles. The van der Waals surface area contributed by atoms with Gasteiger partial charge in [-0.25, -0.2) is 4.79 Å². The monoisotopic (exact) mass is 281 g/mol. The molecular weight excluding hydrogens is 266 g/mol. The second-order valence-electron chi connectivity index (χ2n) is 5.12. The number of carboxylic acids is 1. The lowest BCUT2D eigenvalue weighted by Crippen LogP contribution is -2.34. The van der Waals surface area contributed by atoms with Crippen LogP contribution in [0.15, 0.2) is 54.6 Å². The van der Waals surface area contributed by atoms with Gasteiger partial charge in [0.05, 0.1) is 6.42 Å². The van der Waals surface area contributed by atoms with Gasteiger partial charge in [-0.15, -0.1) is 0 Å². The van der Waals surface area contributed by atoms with Crippen molar-refractivity contribution in [1.29, 1.82) is 0 Å². The highest BCUT2D eigenvalue weighted by Gasteiger charge is 2.37. The Balaban J connectivity index is 1.85. The number of carbonyl (C=O) groups is 2. The minimum atomic E-state index is -0.985. The summed E-state index contributed by atoms with van der Waals surface area (Å²) in [4.78, 5) is 25.4. The molecule has 2 aromatic carbocycles. The fourth-order valence-corrected chi connectivity index (χ4v) is 2.76. The molecule has 0 saturated carbocycles. The van der Waals surface area contributed by atoms with Crippen molar-refractivity contribution in [1.82, 2.24) is 4.90 Å². The molecule has 106 valence electrons. The molecule has 0 saturated heterocycles. The molecule has 1 unspecified atom stereocenters. The van der Waals surface area contributed by atoms with Crippen LogP contribution in [-0.4, -0.2) is 21.9 Å². The van der Waals surface area contributed by atoms with E-state index in [0.29, 0.717) is 12.1 Å². The van der Waals surface area contributed by atoms with Crippen LogP contribution >= 0.6 is 0 Å². The molecule has 1 amide bonds. The maximum atomic E-state index is 12.5. The van der Waals surface area contributed by atoms with Crippen molar-refractivity contribution in [3.05, 3.63) is 71.3 Å². The number of benzene rings is 2. The Bertz CT molecular complexity index is 681. The van der Waals surface area contributed by atoms with E-state index in [1.54, 1.807) is 12.1 Å². The zero-order chi connectivity index (χ0) is 14.8. The first-order chi connectivity index (χ1) is 10.2. The SMILES string of the molecule is O=C(O)C1c2ccccc2CN1C(=O)Cc1ccccc1. The van der Waals surface area contributed by atoms with Crippen molar-refractivity contribution in [2.75, 3.05) is 0 Å². The molecule has 4 nitrogen and oxygen atoms in total. The third-order valence-electron chi connectivity index (χ3n) is 3.75. The summed E-state index contributed by atoms with van der Waals surface area (Å²) in [7, 11) is 0. The Labute approximate surface area is 122 Å². The van der Waals surface area contributed by atoms with Crippen LogP contribution in [0.25, 0.3) is 0 Å². The van der Waals surface area contributed by atoms with Crippen LogP contribution in [0.3, 0.4) is 0 Å². The standard InChI is InChI=1S/C17H15NO3/c19-15(10-12-6-2-1-3-7-12)18-11-13-8-4-5-9-14(13)16(18)17(20)21/h1-9,16H,10-11H2,(H,20,21). The molecule has 2 aromatic rings. The van der Waals surface area contributed by atoms with E-state index in [2.05, 4.69) is 0 Å². The highest BCUT2D eigenvalue weighted by atomic mass is 16.4. The van der Waals surface area contributed by atoms with Gasteiger partial charge in [-0.3, -0.25) is 4.79 Å². The van der Waals surface area contributed by atoms with E-state index in [1.807, 2.05) is 42.5 Å². The molecule has 1 atom stereocenters. The van der Waals surface area contributed by atoms with E-state index in [9.17, 15) is 14.7 Å². The van der Waals surface area contributed by atoms with E-state index in [1.165, 1.54) is 4.90 Å². The number of rotatable bonds is 3. The lowest BCUT2D eigenvalue weighted by Gasteiger charge is -2.22. The van der Waals surface area contributed by atoms with Crippen LogP contribution in [0.1, 0.15) is 22.7 Å². The largest absolute Gasteiger partial charge is 0.479 e. The Morgan fingerprint density at radius 3 is 2.43 bits per heavy atom. The number of fused-ring (bicyclic) bond motifs is 1. The molecule has 0 fully saturated rings. The van der Waals surface area contributed by atoms with Gasteiger partial charge in [0.25, 0.3) is 0 Å². The van der Waals surface area contributed by atoms with Crippen LogP contribution in [-0.2, 0) is 22.6 Å². The molecule has 21 heavy (non-hydrogen) atoms. The molecule has 0 bridgehead atoms. The molecule has 4 heteroatoms. The fourth-order valence-electron chi connectivity index (χ4n) is 2.76. The Kier molecular flexibility index (Phi) is 3.44. The summed E-state index contributed by atoms with van der Waals surface area (Å²) in [6.45, 7) is 0.360. The summed E-state index contributed by atoms with van der Waals surface area (Å²) >= 11 is 0. The van der Waals surface area contributed by atoms with E-state index in [0.717, 1.165) is 11.1 Å². The molecule has 1 N–H and O–H groups in total. The molecule has 1 heterocycles. The normalized spacial score (nSPS) is 16.6. The van der Waals surface area contributed by atoms with Crippen molar-refractivity contribution in [3.8, 4) is 0 Å². The minimum Gasteiger partial charge on any atom is -0.479 e. The van der Waals surface area contributed by atoms with Gasteiger partial charge < -0.3 is 10.0 Å². The van der Waals surface area contributed by atoms with E-state index in [4.69, 9.17) is 0 Å². The first kappa shape index (κ1) is 13.4. The first-order valence-electron chi connectivity index (χ1n) is 6.81. The topological polar surface area (TPSA) is 57.6 Å². The van der Waals surface area contributed by atoms with Crippen molar-refractivity contribution in [3.63, 3.8) is 0 Å². The van der Waals surface area contributed by atoms with Gasteiger partial charge in [-0.2, -0.15) is 0 Å². The van der Waals surface area contributed by atoms with Gasteiger partial charge >= 0.3 is 5.97 Å². The molecule has 1 aliphatic rings. The predicted molar refractivity (Wildman–Crippen MR) is 77.5 cm³/mol. The molecule has 0 radical (unpaired) electrons. The maximum absolute atomic E-state index is 12.5. The Morgan fingerprint density at radius 2 is 1.71 bits per heavy atom. The van der Waals surface area contributed by atoms with E-state index in [-0.39, 0.29) is 12.3 Å². The summed E-state index contributed by atoms with van der Waals surface area (Å²) in [6.07, 6.45) is 0.221. The van der Waals surface area contributed by atoms with Gasteiger partial charge in [0.2, 0.25) is 5.91 Å². The quantitative estimate of drug-likeness (QED) is 0.939. The summed E-state index contributed by atoms with van der Waals surface area (Å²) in [5, 5.41) is 9.45. The van der Waals surface area contributed by atoms with Crippen molar-refractivity contribution in [2.45, 2.75) is 19.0 Å². The highest BCUT2D eigenvalue weighted by Crippen LogP contribution is 2.34. The van der Waals surface area contributed by atoms with Gasteiger partial charge in [0, 0.05) is 6.54 Å². The average molecular weight is 281 g/mol. The second kappa shape index (κ2) is 5.40. The second-order valence-corrected chi connectivity index (χ2v) is 5.12. The number of hydrogen-bond donors (Lipinski definition) is 1. The van der Waals surface area contributed by atoms with Crippen LogP contribution in [0.2, 0.25) is 0 Å². The summed E-state index contributed by atoms with van der Waals surface area (Å²) in [5.41, 5.74) is 2.51. The average Bonchev–Trinajstić information content (AvgIpc) is 2.88. The predicted octanol–water partition coefficient (Wildman–Crippen LogP) is 2.40. The summed E-state index contributed by atoms with van der Waals surface area (Å²) in [5.74, 6) is -1.15. The first-order valence-corrected chi connectivity index (χ1v) is 6.81. The number of nitrogens with zero attached hydrogens (tertiary/aromatic N) is 1. The number of amides is 1. The summed E-state index contributed by atoms with van der Waals surface area (Å²) in [6, 6.07) is 15.8. The van der Waals surface area contributed by atoms with Crippen LogP contribution in [0, 0.1) is 0 Å². The highest BCUT2D eigenvalue weighted by molar-refractivity contribution is 5.87. The number of aliphatic carboxylic acids is 1. The van der Waals surface area contributed by atoms with Crippen molar-refractivity contribution >= 4 is 11.9 Å². The fraction of sp³-hybridized carbons (Fsp3) is 0.176. The third kappa shape index (κ3) is 2.52. The Hall–Kier alpha value is -2.62. The lowest BCUT2D eigenvalue weighted by molar-refractivity contribution is -0.149. The van der Waals surface area contributed by atoms with Gasteiger partial charge in [0.1, 0.15) is 0 Å². The van der Waals surface area contributed by atoms with E-state index >= 15 is 0 Å². The van der Waals surface area contributed by atoms with E-state index < -0.39 is 12.0 Å². The van der Waals surface area contributed by atoms with Gasteiger partial charge in [-0.05, 0) is 16.7 Å².